The lowest BCUT2D eigenvalue weighted by atomic mass is 9.78. The Labute approximate surface area is 629 Å². The molecule has 108 heavy (non-hydrogen) atoms. The first-order valence-electron chi connectivity index (χ1n) is 37.8. The van der Waals surface area contributed by atoms with Crippen LogP contribution in [0.4, 0.5) is 0 Å². The summed E-state index contributed by atoms with van der Waals surface area (Å²) in [6.45, 7) is 27.9. The molecule has 2 N–H and O–H groups in total. The molecule has 0 atom stereocenters. The fraction of sp³-hybridized carbons (Fsp3) is 0.160. The Hall–Kier alpha value is -12.5. The van der Waals surface area contributed by atoms with E-state index in [4.69, 9.17) is 29.9 Å². The first-order chi connectivity index (χ1) is 52.1. The molecule has 10 aromatic carbocycles. The van der Waals surface area contributed by atoms with Crippen molar-refractivity contribution in [3.63, 3.8) is 0 Å². The predicted octanol–water partition coefficient (Wildman–Crippen LogP) is 26.7. The van der Waals surface area contributed by atoms with Gasteiger partial charge < -0.3 is 9.97 Å². The average Bonchev–Trinajstić information content (AvgIpc) is 1.55. The molecule has 8 nitrogen and oxygen atoms in total. The molecular weight excluding hydrogens is 1310 g/mol. The minimum atomic E-state index is -0.273. The van der Waals surface area contributed by atoms with E-state index in [0.717, 1.165) is 200 Å². The molecule has 19 rings (SSSR count). The Morgan fingerprint density at radius 2 is 0.481 bits per heavy atom. The van der Waals surface area contributed by atoms with E-state index in [0.29, 0.717) is 0 Å². The number of fused-ring (bicyclic) bond motifs is 28. The smallest absolute Gasteiger partial charge is 0.0838 e. The van der Waals surface area contributed by atoms with Crippen molar-refractivity contribution in [1.29, 1.82) is 0 Å². The summed E-state index contributed by atoms with van der Waals surface area (Å²) in [6.07, 6.45) is 0. The summed E-state index contributed by atoms with van der Waals surface area (Å²) in [5.41, 5.74) is 28.8. The molecule has 0 fully saturated rings. The Kier molecular flexibility index (Phi) is 15.0. The zero-order valence-electron chi connectivity index (χ0n) is 63.1. The van der Waals surface area contributed by atoms with Gasteiger partial charge in [-0.2, -0.15) is 0 Å². The van der Waals surface area contributed by atoms with Gasteiger partial charge in [-0.25, -0.2) is 29.9 Å². The van der Waals surface area contributed by atoms with Gasteiger partial charge in [-0.05, 0) is 91.4 Å². The fourth-order valence-corrected chi connectivity index (χ4v) is 16.6. The van der Waals surface area contributed by atoms with Crippen molar-refractivity contribution in [3.8, 4) is 112 Å². The number of pyridine rings is 4. The van der Waals surface area contributed by atoms with E-state index >= 15 is 0 Å². The topological polar surface area (TPSA) is 109 Å². The number of rotatable bonds is 6. The molecule has 2 aliphatic rings. The highest BCUT2D eigenvalue weighted by Crippen LogP contribution is 2.56. The third kappa shape index (κ3) is 10.8. The molecule has 0 saturated carbocycles. The van der Waals surface area contributed by atoms with Gasteiger partial charge in [-0.15, -0.1) is 0 Å². The maximum atomic E-state index is 6.45. The van der Waals surface area contributed by atoms with Crippen LogP contribution in [0.25, 0.3) is 200 Å². The standard InChI is InChI=1S/C100H82N8/c1-97(2,3)63-49-61(50-64(53-63)98(4,5)6)79-93-85-81(67-41-25-29-45-71(67)101-89(85)57-33-17-13-18-34-57)75(105-93)55-77-83-69-43-27-31-47-73(69)103-91(59-37-21-15-22-38-59)87(83)95(107-77)80(62-51-65(99(7,8)9)54-66(52-62)100(10,11)12)96-88-84(70-44-28-32-48-74(70)104-92(88)60-39-23-16-24-40-60)78(108-96)56-76-82-68-42-26-30-46-72(68)102-90(86(82)94(79)106-76)58-35-19-14-20-36-58/h13-56,105,108H,1-12H3. The molecule has 8 bridgehead atoms. The second kappa shape index (κ2) is 24.5. The summed E-state index contributed by atoms with van der Waals surface area (Å²) in [4.78, 5) is 45.2. The molecule has 0 spiro atoms. The van der Waals surface area contributed by atoms with Crippen LogP contribution in [0, 0.1) is 0 Å². The van der Waals surface area contributed by atoms with Crippen molar-refractivity contribution in [1.82, 2.24) is 39.9 Å². The zero-order valence-corrected chi connectivity index (χ0v) is 63.1. The van der Waals surface area contributed by atoms with Gasteiger partial charge in [-0.1, -0.05) is 314 Å². The molecule has 2 aliphatic heterocycles. The SMILES string of the molecule is CC(C)(C)c1cc(-c2c3nc(cc4[nH]c(c(-c5cc(C(C)(C)C)cc(C(C)(C)C)c5)c5nc(cc6[nH]c2c2c(-c7ccccc7)nc7ccccc7c62)-c2c-5c(-c5ccccc5)nc5ccccc25)c2c(-c5ccccc5)nc5ccccc5c42)-c2c-3c(-c3ccccc3)nc3ccccc23)cc(C(C)(C)C)c1. The van der Waals surface area contributed by atoms with Gasteiger partial charge in [0, 0.05) is 110 Å². The number of nitrogens with one attached hydrogen (secondary N) is 2. The highest BCUT2D eigenvalue weighted by atomic mass is 14.9. The highest BCUT2D eigenvalue weighted by Gasteiger charge is 2.36. The van der Waals surface area contributed by atoms with E-state index in [9.17, 15) is 0 Å². The molecule has 9 heterocycles. The summed E-state index contributed by atoms with van der Waals surface area (Å²) in [6, 6.07) is 96.9. The minimum absolute atomic E-state index is 0.273. The summed E-state index contributed by atoms with van der Waals surface area (Å²) in [5.74, 6) is 0. The maximum absolute atomic E-state index is 6.45. The molecule has 7 aromatic heterocycles. The van der Waals surface area contributed by atoms with Crippen LogP contribution in [0.3, 0.4) is 0 Å². The van der Waals surface area contributed by atoms with Gasteiger partial charge in [0.1, 0.15) is 0 Å². The zero-order chi connectivity index (χ0) is 73.9. The van der Waals surface area contributed by atoms with Crippen LogP contribution < -0.4 is 0 Å². The van der Waals surface area contributed by atoms with Crippen molar-refractivity contribution in [2.45, 2.75) is 105 Å². The third-order valence-corrected chi connectivity index (χ3v) is 22.2. The molecule has 0 saturated heterocycles. The van der Waals surface area contributed by atoms with Gasteiger partial charge in [-0.3, -0.25) is 0 Å². The number of aromatic nitrogens is 8. The van der Waals surface area contributed by atoms with Crippen LogP contribution >= 0.6 is 0 Å². The van der Waals surface area contributed by atoms with Crippen molar-refractivity contribution in [2.75, 3.05) is 0 Å². The molecule has 0 aliphatic carbocycles. The minimum Gasteiger partial charge on any atom is -0.354 e. The van der Waals surface area contributed by atoms with E-state index in [1.54, 1.807) is 0 Å². The Morgan fingerprint density at radius 3 is 0.796 bits per heavy atom. The van der Waals surface area contributed by atoms with Crippen LogP contribution in [0.2, 0.25) is 0 Å². The van der Waals surface area contributed by atoms with Crippen LogP contribution in [-0.2, 0) is 21.7 Å². The summed E-state index contributed by atoms with van der Waals surface area (Å²) < 4.78 is 0. The van der Waals surface area contributed by atoms with E-state index in [-0.39, 0.29) is 21.7 Å². The second-order valence-corrected chi connectivity index (χ2v) is 33.5. The largest absolute Gasteiger partial charge is 0.354 e. The predicted molar refractivity (Wildman–Crippen MR) is 453 cm³/mol. The number of nitrogens with zero attached hydrogens (tertiary/aromatic N) is 6. The van der Waals surface area contributed by atoms with Crippen molar-refractivity contribution in [3.05, 3.63) is 289 Å². The number of hydrogen-bond donors (Lipinski definition) is 2. The molecule has 522 valence electrons. The molecular formula is C100H82N8. The molecule has 17 aromatic rings. The Bertz CT molecular complexity index is 6320. The normalized spacial score (nSPS) is 12.6. The Morgan fingerprint density at radius 1 is 0.213 bits per heavy atom. The lowest BCUT2D eigenvalue weighted by molar-refractivity contribution is 0.568. The van der Waals surface area contributed by atoms with Crippen LogP contribution in [0.5, 0.6) is 0 Å². The quantitative estimate of drug-likeness (QED) is 0.172. The number of benzene rings is 10. The Balaban J connectivity index is 1.18. The first kappa shape index (κ1) is 66.2. The molecule has 0 amide bonds. The van der Waals surface area contributed by atoms with Crippen molar-refractivity contribution < 1.29 is 0 Å². The maximum Gasteiger partial charge on any atom is 0.0838 e. The fourth-order valence-electron chi connectivity index (χ4n) is 16.6. The van der Waals surface area contributed by atoms with Gasteiger partial charge >= 0.3 is 0 Å². The first-order valence-corrected chi connectivity index (χ1v) is 37.8. The van der Waals surface area contributed by atoms with Gasteiger partial charge in [0.25, 0.3) is 0 Å². The summed E-state index contributed by atoms with van der Waals surface area (Å²) >= 11 is 0. The van der Waals surface area contributed by atoms with Crippen molar-refractivity contribution >= 4 is 87.2 Å². The number of H-pyrrole nitrogens is 2. The average molecular weight is 1400 g/mol. The second-order valence-electron chi connectivity index (χ2n) is 33.5. The van der Waals surface area contributed by atoms with Gasteiger partial charge in [0.05, 0.1) is 78.7 Å². The van der Waals surface area contributed by atoms with Gasteiger partial charge in [0.15, 0.2) is 0 Å². The van der Waals surface area contributed by atoms with Crippen molar-refractivity contribution in [2.24, 2.45) is 0 Å². The highest BCUT2D eigenvalue weighted by molar-refractivity contribution is 6.30. The van der Waals surface area contributed by atoms with E-state index in [1.165, 1.54) is 22.3 Å². The van der Waals surface area contributed by atoms with E-state index in [1.807, 2.05) is 0 Å². The molecule has 8 heteroatoms. The van der Waals surface area contributed by atoms with E-state index < -0.39 is 0 Å². The molecule has 0 unspecified atom stereocenters. The van der Waals surface area contributed by atoms with Crippen LogP contribution in [0.15, 0.2) is 267 Å². The van der Waals surface area contributed by atoms with E-state index in [2.05, 4.69) is 360 Å². The molecule has 0 radical (unpaired) electrons. The number of hydrogen-bond acceptors (Lipinski definition) is 6. The number of para-hydroxylation sites is 4. The van der Waals surface area contributed by atoms with Gasteiger partial charge in [0.2, 0.25) is 0 Å². The monoisotopic (exact) mass is 1390 g/mol. The summed E-state index contributed by atoms with van der Waals surface area (Å²) in [5, 5.41) is 7.90. The van der Waals surface area contributed by atoms with Crippen LogP contribution in [-0.4, -0.2) is 39.9 Å². The summed E-state index contributed by atoms with van der Waals surface area (Å²) in [7, 11) is 0. The third-order valence-electron chi connectivity index (χ3n) is 22.2. The lowest BCUT2D eigenvalue weighted by Crippen LogP contribution is -2.16. The number of aromatic amines is 2. The lowest BCUT2D eigenvalue weighted by Gasteiger charge is -2.26. The van der Waals surface area contributed by atoms with Crippen LogP contribution in [0.1, 0.15) is 105 Å².